The Morgan fingerprint density at radius 2 is 2.33 bits per heavy atom. The maximum absolute atomic E-state index is 5.59. The lowest BCUT2D eigenvalue weighted by molar-refractivity contribution is 0.0983. The van der Waals surface area contributed by atoms with Gasteiger partial charge in [0.15, 0.2) is 0 Å². The van der Waals surface area contributed by atoms with Crippen LogP contribution < -0.4 is 0 Å². The summed E-state index contributed by atoms with van der Waals surface area (Å²) < 4.78 is 10.7. The molecule has 0 aliphatic carbocycles. The fourth-order valence-electron chi connectivity index (χ4n) is 1.37. The molecule has 15 heavy (non-hydrogen) atoms. The molecule has 80 valence electrons. The minimum Gasteiger partial charge on any atom is -0.371 e. The van der Waals surface area contributed by atoms with E-state index in [1.807, 2.05) is 30.3 Å². The van der Waals surface area contributed by atoms with Gasteiger partial charge in [-0.1, -0.05) is 36.9 Å². The van der Waals surface area contributed by atoms with Gasteiger partial charge in [-0.15, -0.1) is 12.6 Å². The van der Waals surface area contributed by atoms with Gasteiger partial charge >= 0.3 is 0 Å². The Morgan fingerprint density at radius 1 is 1.60 bits per heavy atom. The van der Waals surface area contributed by atoms with E-state index in [1.165, 1.54) is 0 Å². The highest BCUT2D eigenvalue weighted by Crippen LogP contribution is 2.26. The van der Waals surface area contributed by atoms with Crippen LogP contribution in [0.25, 0.3) is 6.08 Å². The number of thiol groups is 1. The third kappa shape index (κ3) is 2.84. The van der Waals surface area contributed by atoms with Crippen molar-refractivity contribution in [1.29, 1.82) is 0 Å². The maximum Gasteiger partial charge on any atom is 0.126 e. The molecule has 0 bridgehead atoms. The second-order valence-corrected chi connectivity index (χ2v) is 3.94. The average Bonchev–Trinajstić information content (AvgIpc) is 3.09. The molecular weight excluding hydrogens is 208 g/mol. The molecule has 1 heterocycles. The lowest BCUT2D eigenvalue weighted by Gasteiger charge is -2.14. The number of benzene rings is 1. The highest BCUT2D eigenvalue weighted by Gasteiger charge is 2.24. The largest absolute Gasteiger partial charge is 0.371 e. The predicted molar refractivity (Wildman–Crippen MR) is 64.0 cm³/mol. The molecule has 2 nitrogen and oxygen atoms in total. The van der Waals surface area contributed by atoms with Crippen LogP contribution in [0.15, 0.2) is 30.8 Å². The molecule has 2 atom stereocenters. The normalized spacial score (nSPS) is 21.0. The van der Waals surface area contributed by atoms with Gasteiger partial charge in [-0.3, -0.25) is 0 Å². The van der Waals surface area contributed by atoms with Crippen LogP contribution in [0.4, 0.5) is 0 Å². The Bertz CT molecular complexity index is 347. The predicted octanol–water partition coefficient (Wildman–Crippen LogP) is 2.67. The van der Waals surface area contributed by atoms with Crippen LogP contribution >= 0.6 is 12.6 Å². The number of hydrogen-bond donors (Lipinski definition) is 1. The minimum absolute atomic E-state index is 0.205. The summed E-state index contributed by atoms with van der Waals surface area (Å²) in [6, 6.07) is 7.96. The van der Waals surface area contributed by atoms with Crippen molar-refractivity contribution in [2.75, 3.05) is 13.2 Å². The number of hydrogen-bond acceptors (Lipinski definition) is 3. The van der Waals surface area contributed by atoms with Crippen LogP contribution in [0.1, 0.15) is 16.6 Å². The average molecular weight is 222 g/mol. The van der Waals surface area contributed by atoms with Crippen LogP contribution in [0.3, 0.4) is 0 Å². The van der Waals surface area contributed by atoms with E-state index >= 15 is 0 Å². The molecule has 1 saturated heterocycles. The summed E-state index contributed by atoms with van der Waals surface area (Å²) in [4.78, 5) is 0. The van der Waals surface area contributed by atoms with Crippen molar-refractivity contribution in [2.24, 2.45) is 0 Å². The van der Waals surface area contributed by atoms with E-state index in [9.17, 15) is 0 Å². The molecule has 1 aliphatic heterocycles. The van der Waals surface area contributed by atoms with Crippen LogP contribution in [-0.2, 0) is 9.47 Å². The van der Waals surface area contributed by atoms with Gasteiger partial charge in [-0.05, 0) is 11.1 Å². The lowest BCUT2D eigenvalue weighted by Crippen LogP contribution is -2.05. The first-order valence-corrected chi connectivity index (χ1v) is 5.45. The zero-order chi connectivity index (χ0) is 10.7. The monoisotopic (exact) mass is 222 g/mol. The van der Waals surface area contributed by atoms with E-state index in [-0.39, 0.29) is 11.5 Å². The summed E-state index contributed by atoms with van der Waals surface area (Å²) in [7, 11) is 0. The third-order valence-electron chi connectivity index (χ3n) is 2.32. The molecule has 2 rings (SSSR count). The van der Waals surface area contributed by atoms with E-state index in [0.29, 0.717) is 6.61 Å². The molecule has 1 aromatic carbocycles. The van der Waals surface area contributed by atoms with Gasteiger partial charge in [0.05, 0.1) is 13.2 Å². The molecule has 0 amide bonds. The van der Waals surface area contributed by atoms with Crippen LogP contribution in [0.5, 0.6) is 0 Å². The third-order valence-corrected chi connectivity index (χ3v) is 2.75. The molecule has 1 aromatic rings. The molecule has 0 saturated carbocycles. The molecular formula is C12H14O2S. The first-order chi connectivity index (χ1) is 7.31. The Morgan fingerprint density at radius 3 is 3.00 bits per heavy atom. The number of rotatable bonds is 5. The van der Waals surface area contributed by atoms with Gasteiger partial charge in [0.2, 0.25) is 0 Å². The van der Waals surface area contributed by atoms with Crippen molar-refractivity contribution >= 4 is 18.7 Å². The quantitative estimate of drug-likeness (QED) is 0.470. The lowest BCUT2D eigenvalue weighted by atomic mass is 10.1. The first kappa shape index (κ1) is 10.7. The summed E-state index contributed by atoms with van der Waals surface area (Å²) in [6.07, 6.45) is 2.09. The summed E-state index contributed by atoms with van der Waals surface area (Å²) >= 11 is 4.42. The smallest absolute Gasteiger partial charge is 0.126 e. The summed E-state index contributed by atoms with van der Waals surface area (Å²) in [5.74, 6) is 0. The van der Waals surface area contributed by atoms with Gasteiger partial charge in [-0.2, -0.15) is 0 Å². The first-order valence-electron chi connectivity index (χ1n) is 4.94. The Kier molecular flexibility index (Phi) is 3.46. The topological polar surface area (TPSA) is 21.8 Å². The van der Waals surface area contributed by atoms with E-state index in [1.54, 1.807) is 0 Å². The van der Waals surface area contributed by atoms with Gasteiger partial charge in [0.25, 0.3) is 0 Å². The van der Waals surface area contributed by atoms with Crippen LogP contribution in [-0.4, -0.2) is 19.3 Å². The second-order valence-electron chi connectivity index (χ2n) is 3.47. The zero-order valence-corrected chi connectivity index (χ0v) is 9.32. The van der Waals surface area contributed by atoms with Crippen molar-refractivity contribution < 1.29 is 9.47 Å². The number of epoxide rings is 1. The van der Waals surface area contributed by atoms with Crippen molar-refractivity contribution in [3.63, 3.8) is 0 Å². The van der Waals surface area contributed by atoms with Crippen molar-refractivity contribution in [1.82, 2.24) is 0 Å². The fraction of sp³-hybridized carbons (Fsp3) is 0.333. The minimum atomic E-state index is -0.205. The van der Waals surface area contributed by atoms with Gasteiger partial charge in [-0.25, -0.2) is 0 Å². The fourth-order valence-corrected chi connectivity index (χ4v) is 1.70. The van der Waals surface area contributed by atoms with E-state index in [4.69, 9.17) is 9.47 Å². The molecule has 0 spiro atoms. The van der Waals surface area contributed by atoms with Crippen molar-refractivity contribution in [3.8, 4) is 0 Å². The summed E-state index contributed by atoms with van der Waals surface area (Å²) in [6.45, 7) is 5.19. The van der Waals surface area contributed by atoms with Gasteiger partial charge < -0.3 is 9.47 Å². The Balaban J connectivity index is 2.02. The maximum atomic E-state index is 5.59. The summed E-state index contributed by atoms with van der Waals surface area (Å²) in [5, 5.41) is 0. The number of ether oxygens (including phenoxy) is 2. The van der Waals surface area contributed by atoms with E-state index < -0.39 is 0 Å². The molecule has 0 N–H and O–H groups in total. The van der Waals surface area contributed by atoms with Gasteiger partial charge in [0.1, 0.15) is 11.5 Å². The Hall–Kier alpha value is -0.770. The van der Waals surface area contributed by atoms with Crippen LogP contribution in [0, 0.1) is 0 Å². The van der Waals surface area contributed by atoms with Crippen molar-refractivity contribution in [2.45, 2.75) is 11.5 Å². The molecule has 1 aliphatic rings. The second kappa shape index (κ2) is 4.84. The van der Waals surface area contributed by atoms with Crippen LogP contribution in [0.2, 0.25) is 0 Å². The zero-order valence-electron chi connectivity index (χ0n) is 8.43. The Labute approximate surface area is 95.3 Å². The molecule has 3 heteroatoms. The molecule has 2 unspecified atom stereocenters. The van der Waals surface area contributed by atoms with E-state index in [2.05, 4.69) is 19.2 Å². The standard InChI is InChI=1S/C12H14O2S/c1-2-9-5-3-4-6-11(9)12(15)14-8-10-7-13-10/h2-6,10,12,15H,1,7-8H2. The summed E-state index contributed by atoms with van der Waals surface area (Å²) in [5.41, 5.74) is 1.91. The van der Waals surface area contributed by atoms with Gasteiger partial charge in [0, 0.05) is 0 Å². The SMILES string of the molecule is C=Cc1ccccc1C(S)OCC1CO1. The van der Waals surface area contributed by atoms with Crippen molar-refractivity contribution in [3.05, 3.63) is 42.0 Å². The molecule has 0 aromatic heterocycles. The molecule has 1 fully saturated rings. The highest BCUT2D eigenvalue weighted by molar-refractivity contribution is 7.80. The molecule has 0 radical (unpaired) electrons. The highest BCUT2D eigenvalue weighted by atomic mass is 32.1. The van der Waals surface area contributed by atoms with E-state index in [0.717, 1.165) is 17.7 Å².